The number of rotatable bonds is 5. The molecule has 0 unspecified atom stereocenters. The molecule has 3 saturated heterocycles. The summed E-state index contributed by atoms with van der Waals surface area (Å²) in [6.45, 7) is 6.88. The number of carbonyl (C=O) groups excluding carboxylic acids is 1. The fraction of sp³-hybridized carbons (Fsp3) is 0.722. The molecule has 0 radical (unpaired) electrons. The van der Waals surface area contributed by atoms with Crippen molar-refractivity contribution in [2.24, 2.45) is 5.92 Å². The van der Waals surface area contributed by atoms with Crippen LogP contribution in [-0.4, -0.2) is 72.6 Å². The van der Waals surface area contributed by atoms with Crippen LogP contribution in [0.3, 0.4) is 0 Å². The van der Waals surface area contributed by atoms with E-state index < -0.39 is 0 Å². The number of carbonyl (C=O) groups is 1. The van der Waals surface area contributed by atoms with Crippen LogP contribution in [0, 0.1) is 12.8 Å². The molecule has 1 atom stereocenters. The highest BCUT2D eigenvalue weighted by Gasteiger charge is 2.53. The van der Waals surface area contributed by atoms with Crippen LogP contribution in [0.5, 0.6) is 0 Å². The number of likely N-dealkylation sites (tertiary alicyclic amines) is 1. The van der Waals surface area contributed by atoms with Crippen LogP contribution in [0.1, 0.15) is 25.0 Å². The quantitative estimate of drug-likeness (QED) is 0.793. The summed E-state index contributed by atoms with van der Waals surface area (Å²) in [4.78, 5) is 16.2. The Hall–Kier alpha value is -1.73. The maximum Gasteiger partial charge on any atom is 0.248 e. The van der Waals surface area contributed by atoms with Gasteiger partial charge in [0.05, 0.1) is 25.4 Å². The number of nitrogens with zero attached hydrogens (tertiary/aromatic N) is 4. The molecule has 0 aromatic carbocycles. The highest BCUT2D eigenvalue weighted by molar-refractivity contribution is 5.77. The van der Waals surface area contributed by atoms with E-state index in [9.17, 15) is 4.79 Å². The van der Waals surface area contributed by atoms with Crippen LogP contribution < -0.4 is 4.90 Å². The normalized spacial score (nSPS) is 24.8. The number of ether oxygens (including phenoxy) is 2. The van der Waals surface area contributed by atoms with Gasteiger partial charge in [-0.2, -0.15) is 5.10 Å². The molecular formula is C18H26N4O3. The first-order valence-corrected chi connectivity index (χ1v) is 9.21. The lowest BCUT2D eigenvalue weighted by Gasteiger charge is -2.50. The maximum atomic E-state index is 12.1. The lowest BCUT2D eigenvalue weighted by molar-refractivity contribution is -0.136. The van der Waals surface area contributed by atoms with E-state index in [4.69, 9.17) is 9.47 Å². The molecule has 4 heterocycles. The van der Waals surface area contributed by atoms with E-state index in [2.05, 4.69) is 15.1 Å². The Labute approximate surface area is 148 Å². The van der Waals surface area contributed by atoms with Gasteiger partial charge in [-0.15, -0.1) is 5.10 Å². The first-order valence-electron chi connectivity index (χ1n) is 9.21. The third-order valence-electron chi connectivity index (χ3n) is 5.63. The molecule has 4 rings (SSSR count). The third kappa shape index (κ3) is 3.35. The predicted octanol–water partition coefficient (Wildman–Crippen LogP) is 1.02. The summed E-state index contributed by atoms with van der Waals surface area (Å²) in [5.41, 5.74) is 0.772. The Bertz CT molecular complexity index is 609. The van der Waals surface area contributed by atoms with Crippen LogP contribution in [0.25, 0.3) is 0 Å². The average Bonchev–Trinajstić information content (AvgIpc) is 3.24. The Morgan fingerprint density at radius 1 is 1.32 bits per heavy atom. The first kappa shape index (κ1) is 16.7. The monoisotopic (exact) mass is 346 g/mol. The summed E-state index contributed by atoms with van der Waals surface area (Å²) in [6, 6.07) is 3.98. The van der Waals surface area contributed by atoms with Gasteiger partial charge in [-0.1, -0.05) is 0 Å². The van der Waals surface area contributed by atoms with Gasteiger partial charge in [0.25, 0.3) is 0 Å². The number of aryl methyl sites for hydroxylation is 1. The van der Waals surface area contributed by atoms with Gasteiger partial charge < -0.3 is 19.3 Å². The van der Waals surface area contributed by atoms with Crippen molar-refractivity contribution in [3.8, 4) is 0 Å². The Balaban J connectivity index is 1.27. The highest BCUT2D eigenvalue weighted by atomic mass is 16.5. The molecule has 25 heavy (non-hydrogen) atoms. The Morgan fingerprint density at radius 2 is 2.12 bits per heavy atom. The number of aromatic nitrogens is 2. The van der Waals surface area contributed by atoms with Crippen LogP contribution >= 0.6 is 0 Å². The fourth-order valence-electron chi connectivity index (χ4n) is 4.04. The molecule has 3 aliphatic heterocycles. The molecule has 0 aliphatic carbocycles. The molecule has 3 aliphatic rings. The molecular weight excluding hydrogens is 320 g/mol. The molecule has 1 amide bonds. The number of amides is 1. The van der Waals surface area contributed by atoms with Gasteiger partial charge in [0.15, 0.2) is 5.82 Å². The second kappa shape index (κ2) is 6.88. The van der Waals surface area contributed by atoms with Gasteiger partial charge in [0.1, 0.15) is 12.2 Å². The standard InChI is InChI=1S/C18H26N4O3/c1-14-4-5-16(20-19-14)22-12-18(13-22)15(6-9-25-18)10-24-11-17(23)21-7-2-3-8-21/h4-5,15H,2-3,6-13H2,1H3/t15-/m0/s1. The minimum absolute atomic E-state index is 0.121. The van der Waals surface area contributed by atoms with E-state index in [1.807, 2.05) is 24.0 Å². The summed E-state index contributed by atoms with van der Waals surface area (Å²) < 4.78 is 11.8. The smallest absolute Gasteiger partial charge is 0.248 e. The van der Waals surface area contributed by atoms with E-state index in [-0.39, 0.29) is 18.1 Å². The molecule has 0 saturated carbocycles. The zero-order chi connectivity index (χ0) is 17.3. The maximum absolute atomic E-state index is 12.1. The van der Waals surface area contributed by atoms with Crippen LogP contribution in [0.15, 0.2) is 12.1 Å². The fourth-order valence-corrected chi connectivity index (χ4v) is 4.04. The van der Waals surface area contributed by atoms with Crippen molar-refractivity contribution >= 4 is 11.7 Å². The SMILES string of the molecule is Cc1ccc(N2CC3(C2)OCC[C@H]3COCC(=O)N2CCCC2)nn1. The predicted molar refractivity (Wildman–Crippen MR) is 92.4 cm³/mol. The van der Waals surface area contributed by atoms with E-state index in [0.717, 1.165) is 63.6 Å². The number of hydrogen-bond donors (Lipinski definition) is 0. The summed E-state index contributed by atoms with van der Waals surface area (Å²) in [7, 11) is 0. The highest BCUT2D eigenvalue weighted by Crippen LogP contribution is 2.41. The summed E-state index contributed by atoms with van der Waals surface area (Å²) in [5, 5.41) is 8.37. The second-order valence-corrected chi connectivity index (χ2v) is 7.39. The van der Waals surface area contributed by atoms with Crippen molar-refractivity contribution in [1.29, 1.82) is 0 Å². The minimum atomic E-state index is -0.150. The van der Waals surface area contributed by atoms with Crippen LogP contribution in [-0.2, 0) is 14.3 Å². The van der Waals surface area contributed by atoms with Crippen molar-refractivity contribution < 1.29 is 14.3 Å². The number of hydrogen-bond acceptors (Lipinski definition) is 6. The van der Waals surface area contributed by atoms with Gasteiger partial charge in [0.2, 0.25) is 5.91 Å². The van der Waals surface area contributed by atoms with E-state index >= 15 is 0 Å². The topological polar surface area (TPSA) is 67.8 Å². The van der Waals surface area contributed by atoms with E-state index in [1.165, 1.54) is 0 Å². The van der Waals surface area contributed by atoms with Gasteiger partial charge >= 0.3 is 0 Å². The first-order chi connectivity index (χ1) is 12.2. The largest absolute Gasteiger partial charge is 0.371 e. The van der Waals surface area contributed by atoms with Gasteiger partial charge in [-0.05, 0) is 38.3 Å². The van der Waals surface area contributed by atoms with Crippen molar-refractivity contribution in [3.63, 3.8) is 0 Å². The van der Waals surface area contributed by atoms with Crippen LogP contribution in [0.2, 0.25) is 0 Å². The van der Waals surface area contributed by atoms with Gasteiger partial charge in [-0.25, -0.2) is 0 Å². The molecule has 0 bridgehead atoms. The summed E-state index contributed by atoms with van der Waals surface area (Å²) in [5.74, 6) is 1.36. The minimum Gasteiger partial charge on any atom is -0.371 e. The molecule has 136 valence electrons. The third-order valence-corrected chi connectivity index (χ3v) is 5.63. The van der Waals surface area contributed by atoms with E-state index in [1.54, 1.807) is 0 Å². The zero-order valence-corrected chi connectivity index (χ0v) is 14.8. The molecule has 7 heteroatoms. The number of anilines is 1. The molecule has 1 spiro atoms. The molecule has 1 aromatic heterocycles. The Morgan fingerprint density at radius 3 is 2.84 bits per heavy atom. The molecule has 0 N–H and O–H groups in total. The second-order valence-electron chi connectivity index (χ2n) is 7.39. The van der Waals surface area contributed by atoms with Crippen molar-refractivity contribution in [2.75, 3.05) is 50.9 Å². The molecule has 7 nitrogen and oxygen atoms in total. The lowest BCUT2D eigenvalue weighted by atomic mass is 9.81. The summed E-state index contributed by atoms with van der Waals surface area (Å²) >= 11 is 0. The molecule has 3 fully saturated rings. The zero-order valence-electron chi connectivity index (χ0n) is 14.8. The van der Waals surface area contributed by atoms with Crippen molar-refractivity contribution in [1.82, 2.24) is 15.1 Å². The van der Waals surface area contributed by atoms with E-state index in [0.29, 0.717) is 12.5 Å². The average molecular weight is 346 g/mol. The van der Waals surface area contributed by atoms with Gasteiger partial charge in [0, 0.05) is 25.6 Å². The van der Waals surface area contributed by atoms with Gasteiger partial charge in [-0.3, -0.25) is 4.79 Å². The Kier molecular flexibility index (Phi) is 4.60. The summed E-state index contributed by atoms with van der Waals surface area (Å²) in [6.07, 6.45) is 3.22. The van der Waals surface area contributed by atoms with Crippen molar-refractivity contribution in [3.05, 3.63) is 17.8 Å². The van der Waals surface area contributed by atoms with Crippen molar-refractivity contribution in [2.45, 2.75) is 31.8 Å². The molecule has 1 aromatic rings. The lowest BCUT2D eigenvalue weighted by Crippen LogP contribution is -2.65. The van der Waals surface area contributed by atoms with Crippen LogP contribution in [0.4, 0.5) is 5.82 Å².